The molecule has 4 nitrogen and oxygen atoms in total. The first-order valence-corrected chi connectivity index (χ1v) is 8.35. The number of benzene rings is 1. The zero-order chi connectivity index (χ0) is 16.4. The van der Waals surface area contributed by atoms with Gasteiger partial charge in [0.2, 0.25) is 11.8 Å². The second-order valence-electron chi connectivity index (χ2n) is 5.14. The number of aryl methyl sites for hydroxylation is 1. The molecule has 0 spiro atoms. The molecule has 2 heterocycles. The number of hydrogen-bond acceptors (Lipinski definition) is 4. The van der Waals surface area contributed by atoms with Crippen LogP contribution >= 0.6 is 22.9 Å². The van der Waals surface area contributed by atoms with E-state index in [0.717, 1.165) is 10.4 Å². The van der Waals surface area contributed by atoms with E-state index in [4.69, 9.17) is 16.0 Å². The molecule has 2 aromatic heterocycles. The van der Waals surface area contributed by atoms with Crippen molar-refractivity contribution in [2.45, 2.75) is 20.3 Å². The fourth-order valence-electron chi connectivity index (χ4n) is 2.19. The Morgan fingerprint density at radius 2 is 2.13 bits per heavy atom. The molecule has 0 aliphatic carbocycles. The summed E-state index contributed by atoms with van der Waals surface area (Å²) in [5, 5.41) is 5.46. The first kappa shape index (κ1) is 15.8. The van der Waals surface area contributed by atoms with E-state index < -0.39 is 0 Å². The van der Waals surface area contributed by atoms with Crippen LogP contribution in [0.3, 0.4) is 0 Å². The van der Waals surface area contributed by atoms with Crippen molar-refractivity contribution in [1.82, 2.24) is 4.98 Å². The van der Waals surface area contributed by atoms with E-state index in [1.54, 1.807) is 23.5 Å². The molecular formula is C17H15ClN2O2S. The van der Waals surface area contributed by atoms with E-state index in [-0.39, 0.29) is 12.3 Å². The van der Waals surface area contributed by atoms with Gasteiger partial charge in [-0.2, -0.15) is 0 Å². The van der Waals surface area contributed by atoms with Crippen molar-refractivity contribution in [2.24, 2.45) is 0 Å². The zero-order valence-electron chi connectivity index (χ0n) is 12.7. The van der Waals surface area contributed by atoms with Crippen LogP contribution in [0.15, 0.2) is 40.1 Å². The van der Waals surface area contributed by atoms with Crippen LogP contribution < -0.4 is 5.32 Å². The van der Waals surface area contributed by atoms with Crippen molar-refractivity contribution in [1.29, 1.82) is 0 Å². The second-order valence-corrected chi connectivity index (χ2v) is 6.49. The maximum Gasteiger partial charge on any atom is 0.236 e. The van der Waals surface area contributed by atoms with Gasteiger partial charge in [0.25, 0.3) is 0 Å². The van der Waals surface area contributed by atoms with E-state index in [1.807, 2.05) is 37.4 Å². The Hall–Kier alpha value is -2.11. The normalized spacial score (nSPS) is 10.7. The summed E-state index contributed by atoms with van der Waals surface area (Å²) in [5.41, 5.74) is 2.20. The number of anilines is 1. The Balaban J connectivity index is 1.74. The number of rotatable bonds is 4. The highest BCUT2D eigenvalue weighted by molar-refractivity contribution is 7.13. The number of aromatic nitrogens is 1. The summed E-state index contributed by atoms with van der Waals surface area (Å²) in [4.78, 5) is 17.6. The van der Waals surface area contributed by atoms with Gasteiger partial charge in [0.1, 0.15) is 5.76 Å². The summed E-state index contributed by atoms with van der Waals surface area (Å²) in [7, 11) is 0. The van der Waals surface area contributed by atoms with Crippen molar-refractivity contribution in [3.05, 3.63) is 57.8 Å². The Bertz CT molecular complexity index is 840. The van der Waals surface area contributed by atoms with Gasteiger partial charge in [-0.15, -0.1) is 11.3 Å². The minimum absolute atomic E-state index is 0.149. The van der Waals surface area contributed by atoms with E-state index >= 15 is 0 Å². The highest BCUT2D eigenvalue weighted by atomic mass is 35.5. The van der Waals surface area contributed by atoms with Crippen molar-refractivity contribution >= 4 is 34.5 Å². The summed E-state index contributed by atoms with van der Waals surface area (Å²) in [5.74, 6) is 1.06. The third kappa shape index (κ3) is 3.46. The number of oxazole rings is 1. The van der Waals surface area contributed by atoms with Crippen molar-refractivity contribution in [3.8, 4) is 10.8 Å². The molecule has 0 saturated carbocycles. The van der Waals surface area contributed by atoms with Gasteiger partial charge in [-0.1, -0.05) is 23.7 Å². The fraction of sp³-hybridized carbons (Fsp3) is 0.176. The van der Waals surface area contributed by atoms with Gasteiger partial charge in [-0.25, -0.2) is 4.98 Å². The number of amides is 1. The van der Waals surface area contributed by atoms with Gasteiger partial charge in [-0.3, -0.25) is 4.79 Å². The number of thiophene rings is 1. The minimum Gasteiger partial charge on any atom is -0.440 e. The molecule has 23 heavy (non-hydrogen) atoms. The lowest BCUT2D eigenvalue weighted by Crippen LogP contribution is -2.16. The maximum atomic E-state index is 12.3. The Morgan fingerprint density at radius 3 is 2.87 bits per heavy atom. The van der Waals surface area contributed by atoms with Crippen LogP contribution in [-0.4, -0.2) is 10.9 Å². The SMILES string of the molecule is Cc1oc(-c2cccs2)nc1CC(=O)Nc1cccc(Cl)c1C. The molecule has 0 aliphatic rings. The molecule has 0 fully saturated rings. The molecule has 3 aromatic rings. The summed E-state index contributed by atoms with van der Waals surface area (Å²) >= 11 is 7.62. The van der Waals surface area contributed by atoms with Crippen LogP contribution in [0, 0.1) is 13.8 Å². The molecule has 118 valence electrons. The van der Waals surface area contributed by atoms with Crippen LogP contribution in [0.1, 0.15) is 17.0 Å². The predicted molar refractivity (Wildman–Crippen MR) is 93.1 cm³/mol. The number of carbonyl (C=O) groups is 1. The number of nitrogens with zero attached hydrogens (tertiary/aromatic N) is 1. The van der Waals surface area contributed by atoms with E-state index in [0.29, 0.717) is 28.1 Å². The average molecular weight is 347 g/mol. The topological polar surface area (TPSA) is 55.1 Å². The van der Waals surface area contributed by atoms with Gasteiger partial charge in [0.15, 0.2) is 0 Å². The quantitative estimate of drug-likeness (QED) is 0.734. The Morgan fingerprint density at radius 1 is 1.30 bits per heavy atom. The largest absolute Gasteiger partial charge is 0.440 e. The lowest BCUT2D eigenvalue weighted by atomic mass is 10.2. The lowest BCUT2D eigenvalue weighted by molar-refractivity contribution is -0.115. The van der Waals surface area contributed by atoms with Crippen LogP contribution in [0.2, 0.25) is 5.02 Å². The molecule has 1 amide bonds. The van der Waals surface area contributed by atoms with E-state index in [1.165, 1.54) is 0 Å². The molecule has 6 heteroatoms. The van der Waals surface area contributed by atoms with Gasteiger partial charge in [0.05, 0.1) is 17.0 Å². The molecule has 0 unspecified atom stereocenters. The third-order valence-corrected chi connectivity index (χ3v) is 4.76. The molecule has 1 N–H and O–H groups in total. The standard InChI is InChI=1S/C17H15ClN2O2S/c1-10-12(18)5-3-6-13(10)19-16(21)9-14-11(2)22-17(20-14)15-7-4-8-23-15/h3-8H,9H2,1-2H3,(H,19,21). The van der Waals surface area contributed by atoms with Crippen LogP contribution in [0.5, 0.6) is 0 Å². The van der Waals surface area contributed by atoms with E-state index in [9.17, 15) is 4.79 Å². The lowest BCUT2D eigenvalue weighted by Gasteiger charge is -2.08. The smallest absolute Gasteiger partial charge is 0.236 e. The fourth-order valence-corrected chi connectivity index (χ4v) is 3.01. The molecule has 0 aliphatic heterocycles. The molecule has 0 atom stereocenters. The summed E-state index contributed by atoms with van der Waals surface area (Å²) in [6, 6.07) is 9.30. The molecule has 1 aromatic carbocycles. The predicted octanol–water partition coefficient (Wildman–Crippen LogP) is 4.85. The highest BCUT2D eigenvalue weighted by Crippen LogP contribution is 2.27. The second kappa shape index (κ2) is 6.56. The third-order valence-electron chi connectivity index (χ3n) is 3.49. The van der Waals surface area contributed by atoms with Crippen LogP contribution in [0.25, 0.3) is 10.8 Å². The summed E-state index contributed by atoms with van der Waals surface area (Å²) < 4.78 is 5.65. The molecule has 0 bridgehead atoms. The number of nitrogens with one attached hydrogen (secondary N) is 1. The number of hydrogen-bond donors (Lipinski definition) is 1. The maximum absolute atomic E-state index is 12.3. The van der Waals surface area contributed by atoms with Crippen molar-refractivity contribution in [3.63, 3.8) is 0 Å². The molecule has 0 radical (unpaired) electrons. The summed E-state index contributed by atoms with van der Waals surface area (Å²) in [6.07, 6.45) is 0.159. The Labute approximate surface area is 143 Å². The molecule has 0 saturated heterocycles. The number of carbonyl (C=O) groups excluding carboxylic acids is 1. The summed E-state index contributed by atoms with van der Waals surface area (Å²) in [6.45, 7) is 3.69. The van der Waals surface area contributed by atoms with Crippen LogP contribution in [0.4, 0.5) is 5.69 Å². The van der Waals surface area contributed by atoms with Gasteiger partial charge in [0, 0.05) is 10.7 Å². The highest BCUT2D eigenvalue weighted by Gasteiger charge is 2.16. The van der Waals surface area contributed by atoms with Crippen molar-refractivity contribution in [2.75, 3.05) is 5.32 Å². The first-order valence-electron chi connectivity index (χ1n) is 7.09. The van der Waals surface area contributed by atoms with Crippen molar-refractivity contribution < 1.29 is 9.21 Å². The number of halogens is 1. The monoisotopic (exact) mass is 346 g/mol. The van der Waals surface area contributed by atoms with Crippen LogP contribution in [-0.2, 0) is 11.2 Å². The van der Waals surface area contributed by atoms with E-state index in [2.05, 4.69) is 10.3 Å². The average Bonchev–Trinajstić information content (AvgIpc) is 3.14. The van der Waals surface area contributed by atoms with Gasteiger partial charge in [-0.05, 0) is 43.0 Å². The first-order chi connectivity index (χ1) is 11.0. The molecule has 3 rings (SSSR count). The van der Waals surface area contributed by atoms with Gasteiger partial charge < -0.3 is 9.73 Å². The molecular weight excluding hydrogens is 332 g/mol. The zero-order valence-corrected chi connectivity index (χ0v) is 14.3. The minimum atomic E-state index is -0.149. The Kier molecular flexibility index (Phi) is 4.50. The van der Waals surface area contributed by atoms with Gasteiger partial charge >= 0.3 is 0 Å².